The van der Waals surface area contributed by atoms with E-state index in [4.69, 9.17) is 15.3 Å². The van der Waals surface area contributed by atoms with Gasteiger partial charge in [-0.15, -0.1) is 0 Å². The molecule has 3 N–H and O–H groups in total. The summed E-state index contributed by atoms with van der Waals surface area (Å²) in [4.78, 5) is 0. The van der Waals surface area contributed by atoms with E-state index in [1.165, 1.54) is 51.4 Å². The second kappa shape index (κ2) is 7.40. The first-order valence-electron chi connectivity index (χ1n) is 9.03. The van der Waals surface area contributed by atoms with Crippen molar-refractivity contribution < 1.29 is 9.47 Å². The molecule has 2 aliphatic heterocycles. The Bertz CT molecular complexity index is 312. The highest BCUT2D eigenvalue weighted by Gasteiger charge is 2.41. The van der Waals surface area contributed by atoms with Crippen LogP contribution >= 0.6 is 0 Å². The van der Waals surface area contributed by atoms with Crippen LogP contribution in [0.4, 0.5) is 0 Å². The van der Waals surface area contributed by atoms with Crippen molar-refractivity contribution >= 4 is 0 Å². The van der Waals surface area contributed by atoms with E-state index in [0.717, 1.165) is 32.5 Å². The summed E-state index contributed by atoms with van der Waals surface area (Å²) < 4.78 is 12.0. The number of hydrogen-bond donors (Lipinski definition) is 2. The Hall–Kier alpha value is -0.160. The standard InChI is InChI=1S/C17H32N2O2/c18-19-16(7-6-15-5-1-4-11-20-15)14-8-12-21-17(13-14)9-2-3-10-17/h14-16,19H,1-13,18H2. The van der Waals surface area contributed by atoms with E-state index < -0.39 is 0 Å². The molecule has 2 saturated heterocycles. The van der Waals surface area contributed by atoms with Gasteiger partial charge in [0.2, 0.25) is 0 Å². The quantitative estimate of drug-likeness (QED) is 0.605. The largest absolute Gasteiger partial charge is 0.378 e. The number of rotatable bonds is 5. The molecule has 0 aromatic rings. The molecule has 3 fully saturated rings. The first kappa shape index (κ1) is 15.7. The predicted octanol–water partition coefficient (Wildman–Crippen LogP) is 2.91. The molecule has 0 bridgehead atoms. The predicted molar refractivity (Wildman–Crippen MR) is 83.8 cm³/mol. The van der Waals surface area contributed by atoms with Crippen LogP contribution < -0.4 is 11.3 Å². The molecule has 0 radical (unpaired) electrons. The summed E-state index contributed by atoms with van der Waals surface area (Å²) in [5, 5.41) is 0. The molecule has 0 amide bonds. The monoisotopic (exact) mass is 296 g/mol. The minimum Gasteiger partial charge on any atom is -0.378 e. The summed E-state index contributed by atoms with van der Waals surface area (Å²) in [7, 11) is 0. The van der Waals surface area contributed by atoms with Crippen LogP contribution in [-0.2, 0) is 9.47 Å². The van der Waals surface area contributed by atoms with Crippen LogP contribution in [0.25, 0.3) is 0 Å². The van der Waals surface area contributed by atoms with E-state index in [-0.39, 0.29) is 5.60 Å². The van der Waals surface area contributed by atoms with Crippen LogP contribution in [-0.4, -0.2) is 31.0 Å². The van der Waals surface area contributed by atoms with Gasteiger partial charge in [0.25, 0.3) is 0 Å². The van der Waals surface area contributed by atoms with Crippen LogP contribution in [0.15, 0.2) is 0 Å². The zero-order chi connectivity index (χ0) is 14.5. The van der Waals surface area contributed by atoms with Gasteiger partial charge in [-0.3, -0.25) is 11.3 Å². The molecular weight excluding hydrogens is 264 g/mol. The third-order valence-electron chi connectivity index (χ3n) is 5.90. The maximum atomic E-state index is 6.15. The number of nitrogens with one attached hydrogen (secondary N) is 1. The van der Waals surface area contributed by atoms with Crippen LogP contribution in [0.3, 0.4) is 0 Å². The fourth-order valence-corrected chi connectivity index (χ4v) is 4.63. The minimum atomic E-state index is 0.194. The number of hydrazine groups is 1. The van der Waals surface area contributed by atoms with Crippen molar-refractivity contribution in [1.82, 2.24) is 5.43 Å². The van der Waals surface area contributed by atoms with Crippen molar-refractivity contribution in [3.05, 3.63) is 0 Å². The smallest absolute Gasteiger partial charge is 0.0685 e. The molecule has 3 aliphatic rings. The van der Waals surface area contributed by atoms with Crippen molar-refractivity contribution in [3.8, 4) is 0 Å². The van der Waals surface area contributed by atoms with Crippen LogP contribution in [0.2, 0.25) is 0 Å². The Morgan fingerprint density at radius 1 is 1.10 bits per heavy atom. The fourth-order valence-electron chi connectivity index (χ4n) is 4.63. The van der Waals surface area contributed by atoms with Crippen molar-refractivity contribution in [2.24, 2.45) is 11.8 Å². The highest BCUT2D eigenvalue weighted by atomic mass is 16.5. The van der Waals surface area contributed by atoms with Crippen LogP contribution in [0.5, 0.6) is 0 Å². The van der Waals surface area contributed by atoms with E-state index in [1.54, 1.807) is 0 Å². The Morgan fingerprint density at radius 2 is 1.95 bits per heavy atom. The molecule has 3 rings (SSSR count). The van der Waals surface area contributed by atoms with Gasteiger partial charge in [0.05, 0.1) is 11.7 Å². The molecule has 1 saturated carbocycles. The van der Waals surface area contributed by atoms with Gasteiger partial charge in [0, 0.05) is 19.3 Å². The lowest BCUT2D eigenvalue weighted by atomic mass is 9.79. The molecule has 4 nitrogen and oxygen atoms in total. The average molecular weight is 296 g/mol. The van der Waals surface area contributed by atoms with Gasteiger partial charge in [0.15, 0.2) is 0 Å². The maximum Gasteiger partial charge on any atom is 0.0685 e. The second-order valence-corrected chi connectivity index (χ2v) is 7.33. The average Bonchev–Trinajstić information content (AvgIpc) is 2.97. The lowest BCUT2D eigenvalue weighted by Gasteiger charge is -2.41. The third kappa shape index (κ3) is 3.98. The Morgan fingerprint density at radius 3 is 2.67 bits per heavy atom. The lowest BCUT2D eigenvalue weighted by Crippen LogP contribution is -2.48. The molecule has 4 heteroatoms. The fraction of sp³-hybridized carbons (Fsp3) is 1.00. The van der Waals surface area contributed by atoms with Gasteiger partial charge in [-0.25, -0.2) is 0 Å². The van der Waals surface area contributed by atoms with Gasteiger partial charge in [-0.05, 0) is 63.7 Å². The molecular formula is C17H32N2O2. The molecule has 0 aromatic carbocycles. The van der Waals surface area contributed by atoms with Crippen molar-refractivity contribution in [1.29, 1.82) is 0 Å². The summed E-state index contributed by atoms with van der Waals surface area (Å²) in [5.41, 5.74) is 3.30. The van der Waals surface area contributed by atoms with E-state index in [1.807, 2.05) is 0 Å². The summed E-state index contributed by atoms with van der Waals surface area (Å²) in [6.45, 7) is 1.87. The molecule has 0 aromatic heterocycles. The second-order valence-electron chi connectivity index (χ2n) is 7.33. The maximum absolute atomic E-state index is 6.15. The first-order valence-corrected chi connectivity index (χ1v) is 9.03. The van der Waals surface area contributed by atoms with Crippen LogP contribution in [0.1, 0.15) is 70.6 Å². The topological polar surface area (TPSA) is 56.5 Å². The zero-order valence-corrected chi connectivity index (χ0v) is 13.3. The van der Waals surface area contributed by atoms with E-state index in [0.29, 0.717) is 18.1 Å². The van der Waals surface area contributed by atoms with Gasteiger partial charge in [-0.1, -0.05) is 12.8 Å². The summed E-state index contributed by atoms with van der Waals surface area (Å²) in [6, 6.07) is 0.428. The normalized spacial score (nSPS) is 34.1. The molecule has 3 unspecified atom stereocenters. The summed E-state index contributed by atoms with van der Waals surface area (Å²) >= 11 is 0. The van der Waals surface area contributed by atoms with Crippen molar-refractivity contribution in [2.75, 3.05) is 13.2 Å². The number of hydrogen-bond acceptors (Lipinski definition) is 4. The van der Waals surface area contributed by atoms with Gasteiger partial charge < -0.3 is 9.47 Å². The Labute approximate surface area is 129 Å². The van der Waals surface area contributed by atoms with Crippen molar-refractivity contribution in [2.45, 2.75) is 88.4 Å². The van der Waals surface area contributed by atoms with Gasteiger partial charge in [-0.2, -0.15) is 0 Å². The molecule has 1 spiro atoms. The summed E-state index contributed by atoms with van der Waals surface area (Å²) in [5.74, 6) is 6.55. The highest BCUT2D eigenvalue weighted by molar-refractivity contribution is 4.94. The molecule has 2 heterocycles. The van der Waals surface area contributed by atoms with E-state index in [9.17, 15) is 0 Å². The van der Waals surface area contributed by atoms with E-state index >= 15 is 0 Å². The highest BCUT2D eigenvalue weighted by Crippen LogP contribution is 2.43. The van der Waals surface area contributed by atoms with E-state index in [2.05, 4.69) is 5.43 Å². The molecule has 3 atom stereocenters. The number of ether oxygens (including phenoxy) is 2. The van der Waals surface area contributed by atoms with Crippen molar-refractivity contribution in [3.63, 3.8) is 0 Å². The zero-order valence-electron chi connectivity index (χ0n) is 13.3. The minimum absolute atomic E-state index is 0.194. The van der Waals surface area contributed by atoms with Gasteiger partial charge in [0.1, 0.15) is 0 Å². The Balaban J connectivity index is 1.50. The lowest BCUT2D eigenvalue weighted by molar-refractivity contribution is -0.0990. The van der Waals surface area contributed by atoms with Crippen LogP contribution in [0, 0.1) is 5.92 Å². The molecule has 122 valence electrons. The molecule has 1 aliphatic carbocycles. The Kier molecular flexibility index (Phi) is 5.54. The number of nitrogens with two attached hydrogens (primary N) is 1. The third-order valence-corrected chi connectivity index (χ3v) is 5.90. The SMILES string of the molecule is NNC(CCC1CCCCO1)C1CCOC2(CCCC2)C1. The molecule has 21 heavy (non-hydrogen) atoms. The summed E-state index contributed by atoms with van der Waals surface area (Å²) in [6.07, 6.45) is 14.1. The first-order chi connectivity index (χ1) is 10.3. The van der Waals surface area contributed by atoms with Gasteiger partial charge >= 0.3 is 0 Å².